The van der Waals surface area contributed by atoms with Crippen molar-refractivity contribution in [1.29, 1.82) is 0 Å². The van der Waals surface area contributed by atoms with Crippen molar-refractivity contribution in [3.05, 3.63) is 48.5 Å². The molecule has 0 radical (unpaired) electrons. The van der Waals surface area contributed by atoms with Crippen LogP contribution in [0.3, 0.4) is 0 Å². The number of hydrogen-bond donors (Lipinski definition) is 3. The smallest absolute Gasteiger partial charge is 0.233 e. The molecule has 0 unspecified atom stereocenters. The van der Waals surface area contributed by atoms with Crippen molar-refractivity contribution in [2.24, 2.45) is 0 Å². The summed E-state index contributed by atoms with van der Waals surface area (Å²) in [7, 11) is 1.56. The van der Waals surface area contributed by atoms with Gasteiger partial charge in [0.1, 0.15) is 36.7 Å². The van der Waals surface area contributed by atoms with E-state index in [0.717, 1.165) is 19.6 Å². The van der Waals surface area contributed by atoms with E-state index in [-0.39, 0.29) is 17.7 Å². The van der Waals surface area contributed by atoms with Crippen LogP contribution in [0.25, 0.3) is 10.9 Å². The van der Waals surface area contributed by atoms with Gasteiger partial charge in [0.05, 0.1) is 30.7 Å². The molecule has 0 aliphatic carbocycles. The Hall–Kier alpha value is -3.87. The van der Waals surface area contributed by atoms with Crippen LogP contribution >= 0.6 is 0 Å². The van der Waals surface area contributed by atoms with E-state index in [4.69, 9.17) is 14.2 Å². The van der Waals surface area contributed by atoms with Gasteiger partial charge in [0.2, 0.25) is 11.8 Å². The van der Waals surface area contributed by atoms with E-state index in [1.54, 1.807) is 37.4 Å². The van der Waals surface area contributed by atoms with E-state index < -0.39 is 11.7 Å². The van der Waals surface area contributed by atoms with Crippen molar-refractivity contribution in [3.8, 4) is 5.75 Å². The molecule has 3 aromatic rings. The zero-order valence-corrected chi connectivity index (χ0v) is 21.2. The number of fused-ring (bicyclic) bond motifs is 1. The highest BCUT2D eigenvalue weighted by Crippen LogP contribution is 2.29. The maximum absolute atomic E-state index is 14.9. The molecular weight excluding hydrogens is 495 g/mol. The molecule has 0 bridgehead atoms. The first-order valence-corrected chi connectivity index (χ1v) is 12.3. The molecule has 1 saturated heterocycles. The third-order valence-corrected chi connectivity index (χ3v) is 5.83. The number of amides is 2. The van der Waals surface area contributed by atoms with Gasteiger partial charge < -0.3 is 30.2 Å². The van der Waals surface area contributed by atoms with Crippen LogP contribution in [0.1, 0.15) is 6.42 Å². The topological polar surface area (TPSA) is 127 Å². The molecule has 1 aromatic heterocycles. The lowest BCUT2D eigenvalue weighted by Gasteiger charge is -2.26. The van der Waals surface area contributed by atoms with Crippen LogP contribution in [0.2, 0.25) is 0 Å². The number of benzene rings is 2. The van der Waals surface area contributed by atoms with Crippen molar-refractivity contribution in [2.75, 3.05) is 70.3 Å². The zero-order chi connectivity index (χ0) is 26.7. The van der Waals surface area contributed by atoms with Crippen molar-refractivity contribution in [3.63, 3.8) is 0 Å². The minimum absolute atomic E-state index is 0.226. The minimum atomic E-state index is -0.523. The second-order valence-electron chi connectivity index (χ2n) is 8.59. The average molecular weight is 527 g/mol. The number of morpholine rings is 1. The fraction of sp³-hybridized carbons (Fsp3) is 0.385. The van der Waals surface area contributed by atoms with Crippen LogP contribution in [0.4, 0.5) is 21.6 Å². The summed E-state index contributed by atoms with van der Waals surface area (Å²) < 4.78 is 30.6. The first-order chi connectivity index (χ1) is 18.5. The van der Waals surface area contributed by atoms with Crippen LogP contribution in [-0.4, -0.2) is 86.4 Å². The number of rotatable bonds is 12. The Morgan fingerprint density at radius 2 is 1.82 bits per heavy atom. The molecule has 2 amide bonds. The van der Waals surface area contributed by atoms with Gasteiger partial charge >= 0.3 is 0 Å². The summed E-state index contributed by atoms with van der Waals surface area (Å²) >= 11 is 0. The summed E-state index contributed by atoms with van der Waals surface area (Å²) in [4.78, 5) is 34.9. The van der Waals surface area contributed by atoms with Gasteiger partial charge in [-0.3, -0.25) is 14.5 Å². The van der Waals surface area contributed by atoms with E-state index in [9.17, 15) is 14.0 Å². The standard InChI is InChI=1S/C26H31FN6O5/c1-36-12-13-38-20-14-21(27)25-22(15-20)29-17-30-26(25)32-19-4-2-18(3-5-19)31-24(35)16-23(34)28-6-7-33-8-10-37-11-9-33/h2-5,14-15,17H,6-13,16H2,1H3,(H,28,34)(H,31,35)(H,29,30,32). The van der Waals surface area contributed by atoms with Crippen LogP contribution in [0, 0.1) is 5.82 Å². The highest BCUT2D eigenvalue weighted by molar-refractivity contribution is 6.03. The molecule has 2 heterocycles. The third kappa shape index (κ3) is 7.81. The van der Waals surface area contributed by atoms with Crippen LogP contribution in [0.15, 0.2) is 42.7 Å². The van der Waals surface area contributed by atoms with Gasteiger partial charge in [0, 0.05) is 56.8 Å². The SMILES string of the molecule is COCCOc1cc(F)c2c(Nc3ccc(NC(=O)CC(=O)NCCN4CCOCC4)cc3)ncnc2c1. The number of ether oxygens (including phenoxy) is 3. The largest absolute Gasteiger partial charge is 0.491 e. The summed E-state index contributed by atoms with van der Waals surface area (Å²) in [5.41, 5.74) is 1.55. The van der Waals surface area contributed by atoms with Gasteiger partial charge in [0.25, 0.3) is 0 Å². The van der Waals surface area contributed by atoms with Gasteiger partial charge in [0.15, 0.2) is 0 Å². The van der Waals surface area contributed by atoms with Gasteiger partial charge in [-0.1, -0.05) is 0 Å². The van der Waals surface area contributed by atoms with Crippen LogP contribution < -0.4 is 20.7 Å². The minimum Gasteiger partial charge on any atom is -0.491 e. The number of carbonyl (C=O) groups excluding carboxylic acids is 2. The maximum Gasteiger partial charge on any atom is 0.233 e. The van der Waals surface area contributed by atoms with E-state index in [0.29, 0.717) is 61.4 Å². The first kappa shape index (κ1) is 27.2. The molecular formula is C26H31FN6O5. The highest BCUT2D eigenvalue weighted by Gasteiger charge is 2.14. The molecule has 202 valence electrons. The molecule has 4 rings (SSSR count). The Bertz CT molecular complexity index is 1240. The Balaban J connectivity index is 1.29. The first-order valence-electron chi connectivity index (χ1n) is 12.3. The van der Waals surface area contributed by atoms with Crippen molar-refractivity contribution in [2.45, 2.75) is 6.42 Å². The third-order valence-electron chi connectivity index (χ3n) is 5.83. The van der Waals surface area contributed by atoms with E-state index in [1.807, 2.05) is 0 Å². The molecule has 38 heavy (non-hydrogen) atoms. The Kier molecular flexibility index (Phi) is 9.73. The monoisotopic (exact) mass is 526 g/mol. The van der Waals surface area contributed by atoms with E-state index in [1.165, 1.54) is 12.4 Å². The highest BCUT2D eigenvalue weighted by atomic mass is 19.1. The lowest BCUT2D eigenvalue weighted by atomic mass is 10.2. The number of methoxy groups -OCH3 is 1. The zero-order valence-electron chi connectivity index (χ0n) is 21.2. The number of halogens is 1. The maximum atomic E-state index is 14.9. The van der Waals surface area contributed by atoms with Crippen molar-refractivity contribution < 1.29 is 28.2 Å². The Labute approximate surface area is 219 Å². The molecule has 1 fully saturated rings. The second-order valence-corrected chi connectivity index (χ2v) is 8.59. The molecule has 0 saturated carbocycles. The molecule has 2 aromatic carbocycles. The van der Waals surface area contributed by atoms with Crippen molar-refractivity contribution in [1.82, 2.24) is 20.2 Å². The fourth-order valence-electron chi connectivity index (χ4n) is 3.90. The summed E-state index contributed by atoms with van der Waals surface area (Å²) in [6.45, 7) is 4.96. The fourth-order valence-corrected chi connectivity index (χ4v) is 3.90. The van der Waals surface area contributed by atoms with Gasteiger partial charge in [-0.25, -0.2) is 14.4 Å². The number of carbonyl (C=O) groups is 2. The number of nitrogens with zero attached hydrogens (tertiary/aromatic N) is 3. The molecule has 0 spiro atoms. The lowest BCUT2D eigenvalue weighted by molar-refractivity contribution is -0.126. The van der Waals surface area contributed by atoms with Gasteiger partial charge in [-0.05, 0) is 24.3 Å². The van der Waals surface area contributed by atoms with E-state index >= 15 is 0 Å². The summed E-state index contributed by atoms with van der Waals surface area (Å²) in [6, 6.07) is 9.70. The van der Waals surface area contributed by atoms with E-state index in [2.05, 4.69) is 30.8 Å². The quantitative estimate of drug-likeness (QED) is 0.241. The van der Waals surface area contributed by atoms with Gasteiger partial charge in [-0.15, -0.1) is 0 Å². The number of hydrogen-bond acceptors (Lipinski definition) is 9. The number of aromatic nitrogens is 2. The molecule has 12 heteroatoms. The summed E-state index contributed by atoms with van der Waals surface area (Å²) in [5.74, 6) is -0.630. The molecule has 0 atom stereocenters. The molecule has 1 aliphatic heterocycles. The average Bonchev–Trinajstić information content (AvgIpc) is 2.90. The number of nitrogens with one attached hydrogen (secondary N) is 3. The second kappa shape index (κ2) is 13.6. The van der Waals surface area contributed by atoms with Crippen molar-refractivity contribution >= 4 is 39.9 Å². The summed E-state index contributed by atoms with van der Waals surface area (Å²) in [5, 5.41) is 8.78. The van der Waals surface area contributed by atoms with Gasteiger partial charge in [-0.2, -0.15) is 0 Å². The predicted octanol–water partition coefficient (Wildman–Crippen LogP) is 2.31. The lowest BCUT2D eigenvalue weighted by Crippen LogP contribution is -2.41. The van der Waals surface area contributed by atoms with Crippen LogP contribution in [0.5, 0.6) is 5.75 Å². The predicted molar refractivity (Wildman–Crippen MR) is 140 cm³/mol. The normalized spacial score (nSPS) is 13.7. The summed E-state index contributed by atoms with van der Waals surface area (Å²) in [6.07, 6.45) is 1.07. The number of anilines is 3. The molecule has 3 N–H and O–H groups in total. The molecule has 11 nitrogen and oxygen atoms in total. The molecule has 1 aliphatic rings. The van der Waals surface area contributed by atoms with Crippen LogP contribution in [-0.2, 0) is 19.1 Å². The Morgan fingerprint density at radius 1 is 1.05 bits per heavy atom. The Morgan fingerprint density at radius 3 is 2.58 bits per heavy atom.